The number of thiazole rings is 1. The van der Waals surface area contributed by atoms with Gasteiger partial charge in [-0.2, -0.15) is 0 Å². The third-order valence-electron chi connectivity index (χ3n) is 1.34. The minimum absolute atomic E-state index is 0.352. The van der Waals surface area contributed by atoms with Gasteiger partial charge in [-0.3, -0.25) is 9.78 Å². The second-order valence-electron chi connectivity index (χ2n) is 1.96. The van der Waals surface area contributed by atoms with Crippen molar-refractivity contribution in [1.82, 2.24) is 9.97 Å². The fourth-order valence-corrected chi connectivity index (χ4v) is 1.58. The van der Waals surface area contributed by atoms with Crippen molar-refractivity contribution in [3.05, 3.63) is 23.5 Å². The Morgan fingerprint density at radius 3 is 3.18 bits per heavy atom. The fourth-order valence-electron chi connectivity index (χ4n) is 0.864. The van der Waals surface area contributed by atoms with Crippen LogP contribution in [0.2, 0.25) is 0 Å². The first kappa shape index (κ1) is 6.42. The van der Waals surface area contributed by atoms with Gasteiger partial charge in [-0.1, -0.05) is 0 Å². The summed E-state index contributed by atoms with van der Waals surface area (Å²) >= 11 is 1.40. The topological polar surface area (TPSA) is 42.9 Å². The maximum Gasteiger partial charge on any atom is 0.255 e. The van der Waals surface area contributed by atoms with E-state index < -0.39 is 0 Å². The first-order valence-corrected chi connectivity index (χ1v) is 3.86. The van der Waals surface area contributed by atoms with Gasteiger partial charge in [-0.05, 0) is 6.07 Å². The molecule has 2 heterocycles. The van der Waals surface area contributed by atoms with Gasteiger partial charge in [0.05, 0.1) is 15.7 Å². The van der Waals surface area contributed by atoms with Gasteiger partial charge in [0.1, 0.15) is 5.69 Å². The fraction of sp³-hybridized carbons (Fsp3) is 0. The third kappa shape index (κ3) is 0.914. The van der Waals surface area contributed by atoms with Crippen LogP contribution in [0.25, 0.3) is 10.2 Å². The Bertz CT molecular complexity index is 396. The van der Waals surface area contributed by atoms with E-state index in [1.54, 1.807) is 24.1 Å². The highest BCUT2D eigenvalue weighted by Gasteiger charge is 2.02. The molecule has 0 amide bonds. The lowest BCUT2D eigenvalue weighted by atomic mass is 10.3. The van der Waals surface area contributed by atoms with E-state index >= 15 is 0 Å². The summed E-state index contributed by atoms with van der Waals surface area (Å²) in [4.78, 5) is 18.2. The van der Waals surface area contributed by atoms with Crippen LogP contribution in [0.1, 0.15) is 5.69 Å². The Kier molecular flexibility index (Phi) is 1.40. The molecular formula is C7H3N2OS. The van der Waals surface area contributed by atoms with E-state index in [9.17, 15) is 4.79 Å². The van der Waals surface area contributed by atoms with Crippen molar-refractivity contribution in [2.75, 3.05) is 0 Å². The molecule has 53 valence electrons. The maximum absolute atomic E-state index is 10.3. The molecule has 0 atom stereocenters. The summed E-state index contributed by atoms with van der Waals surface area (Å²) in [6, 6.07) is 1.77. The highest BCUT2D eigenvalue weighted by atomic mass is 32.1. The van der Waals surface area contributed by atoms with E-state index in [1.165, 1.54) is 11.3 Å². The van der Waals surface area contributed by atoms with Crippen molar-refractivity contribution in [3.8, 4) is 0 Å². The third-order valence-corrected chi connectivity index (χ3v) is 2.19. The Morgan fingerprint density at radius 2 is 2.36 bits per heavy atom. The van der Waals surface area contributed by atoms with Crippen molar-refractivity contribution in [2.45, 2.75) is 0 Å². The van der Waals surface area contributed by atoms with Gasteiger partial charge in [0.2, 0.25) is 0 Å². The zero-order chi connectivity index (χ0) is 7.68. The lowest BCUT2D eigenvalue weighted by Gasteiger charge is -1.87. The number of fused-ring (bicyclic) bond motifs is 1. The van der Waals surface area contributed by atoms with Crippen molar-refractivity contribution < 1.29 is 4.79 Å². The first-order valence-electron chi connectivity index (χ1n) is 2.98. The molecule has 0 saturated carbocycles. The summed E-state index contributed by atoms with van der Waals surface area (Å²) in [5.41, 5.74) is 2.85. The van der Waals surface area contributed by atoms with E-state index in [2.05, 4.69) is 9.97 Å². The van der Waals surface area contributed by atoms with Crippen molar-refractivity contribution in [3.63, 3.8) is 0 Å². The SMILES string of the molecule is O=[C]c1nccc2ncsc12. The Morgan fingerprint density at radius 1 is 1.45 bits per heavy atom. The summed E-state index contributed by atoms with van der Waals surface area (Å²) in [7, 11) is 0. The second kappa shape index (κ2) is 2.39. The predicted molar refractivity (Wildman–Crippen MR) is 42.2 cm³/mol. The Balaban J connectivity index is 2.88. The van der Waals surface area contributed by atoms with E-state index in [0.717, 1.165) is 10.2 Å². The molecule has 0 bridgehead atoms. The van der Waals surface area contributed by atoms with Crippen LogP contribution in [-0.4, -0.2) is 16.3 Å². The average molecular weight is 163 g/mol. The predicted octanol–water partition coefficient (Wildman–Crippen LogP) is 1.15. The van der Waals surface area contributed by atoms with Gasteiger partial charge in [-0.15, -0.1) is 11.3 Å². The van der Waals surface area contributed by atoms with Crippen molar-refractivity contribution >= 4 is 27.8 Å². The lowest BCUT2D eigenvalue weighted by molar-refractivity contribution is 0.562. The van der Waals surface area contributed by atoms with E-state index in [1.807, 2.05) is 0 Å². The summed E-state index contributed by atoms with van der Waals surface area (Å²) in [6.07, 6.45) is 3.32. The molecule has 0 spiro atoms. The van der Waals surface area contributed by atoms with Gasteiger partial charge < -0.3 is 0 Å². The largest absolute Gasteiger partial charge is 0.283 e. The molecule has 0 aliphatic rings. The van der Waals surface area contributed by atoms with Crippen LogP contribution >= 0.6 is 11.3 Å². The highest BCUT2D eigenvalue weighted by Crippen LogP contribution is 2.18. The monoisotopic (exact) mass is 163 g/mol. The average Bonchev–Trinajstić information content (AvgIpc) is 2.50. The number of carbonyl (C=O) groups excluding carboxylic acids is 1. The van der Waals surface area contributed by atoms with Gasteiger partial charge in [0.25, 0.3) is 6.29 Å². The molecule has 0 aliphatic heterocycles. The minimum atomic E-state index is 0.352. The van der Waals surface area contributed by atoms with Crippen LogP contribution in [0.15, 0.2) is 17.8 Å². The van der Waals surface area contributed by atoms with Gasteiger partial charge in [-0.25, -0.2) is 4.98 Å². The van der Waals surface area contributed by atoms with E-state index in [-0.39, 0.29) is 0 Å². The standard InChI is InChI=1S/C7H3N2OS/c10-3-6-7-5(1-2-8-6)9-4-11-7/h1-2,4H. The van der Waals surface area contributed by atoms with Crippen LogP contribution in [0, 0.1) is 0 Å². The molecule has 0 fully saturated rings. The smallest absolute Gasteiger partial charge is 0.255 e. The van der Waals surface area contributed by atoms with Gasteiger partial charge >= 0.3 is 0 Å². The summed E-state index contributed by atoms with van der Waals surface area (Å²) < 4.78 is 0.808. The van der Waals surface area contributed by atoms with Crippen LogP contribution in [0.5, 0.6) is 0 Å². The molecule has 0 aromatic carbocycles. The molecule has 1 radical (unpaired) electrons. The molecule has 2 rings (SSSR count). The maximum atomic E-state index is 10.3. The molecule has 3 nitrogen and oxygen atoms in total. The van der Waals surface area contributed by atoms with E-state index in [0.29, 0.717) is 5.69 Å². The summed E-state index contributed by atoms with van der Waals surface area (Å²) in [5.74, 6) is 0. The van der Waals surface area contributed by atoms with Crippen molar-refractivity contribution in [1.29, 1.82) is 0 Å². The zero-order valence-electron chi connectivity index (χ0n) is 5.44. The number of nitrogens with zero attached hydrogens (tertiary/aromatic N) is 2. The van der Waals surface area contributed by atoms with Gasteiger partial charge in [0, 0.05) is 6.20 Å². The normalized spacial score (nSPS) is 10.2. The van der Waals surface area contributed by atoms with Crippen LogP contribution < -0.4 is 0 Å². The van der Waals surface area contributed by atoms with Crippen LogP contribution in [0.3, 0.4) is 0 Å². The Labute approximate surface area is 66.7 Å². The lowest BCUT2D eigenvalue weighted by Crippen LogP contribution is -1.84. The van der Waals surface area contributed by atoms with Crippen molar-refractivity contribution in [2.24, 2.45) is 0 Å². The number of aromatic nitrogens is 2. The molecular weight excluding hydrogens is 160 g/mol. The molecule has 0 aliphatic carbocycles. The quantitative estimate of drug-likeness (QED) is 0.633. The van der Waals surface area contributed by atoms with Gasteiger partial charge in [0.15, 0.2) is 0 Å². The van der Waals surface area contributed by atoms with E-state index in [4.69, 9.17) is 0 Å². The molecule has 0 saturated heterocycles. The minimum Gasteiger partial charge on any atom is -0.283 e. The molecule has 0 unspecified atom stereocenters. The Hall–Kier alpha value is -1.29. The highest BCUT2D eigenvalue weighted by molar-refractivity contribution is 7.17. The number of hydrogen-bond acceptors (Lipinski definition) is 4. The number of pyridine rings is 1. The number of hydrogen-bond donors (Lipinski definition) is 0. The molecule has 0 N–H and O–H groups in total. The summed E-state index contributed by atoms with van der Waals surface area (Å²) in [6.45, 7) is 0. The molecule has 11 heavy (non-hydrogen) atoms. The second-order valence-corrected chi connectivity index (χ2v) is 2.82. The van der Waals surface area contributed by atoms with Crippen LogP contribution in [-0.2, 0) is 4.79 Å². The molecule has 2 aromatic heterocycles. The molecule has 2 aromatic rings. The molecule has 4 heteroatoms. The summed E-state index contributed by atoms with van der Waals surface area (Å²) in [5, 5.41) is 0. The first-order chi connectivity index (χ1) is 5.42. The number of rotatable bonds is 1. The zero-order valence-corrected chi connectivity index (χ0v) is 6.26. The van der Waals surface area contributed by atoms with Crippen LogP contribution in [0.4, 0.5) is 0 Å².